The maximum absolute atomic E-state index is 11.2. The molecule has 0 amide bonds. The first-order valence-corrected chi connectivity index (χ1v) is 6.54. The normalized spacial score (nSPS) is 19.7. The highest BCUT2D eigenvalue weighted by atomic mass is 16.4. The molecule has 1 aliphatic rings. The van der Waals surface area contributed by atoms with Crippen molar-refractivity contribution < 1.29 is 19.8 Å². The zero-order valence-electron chi connectivity index (χ0n) is 11.1. The Labute approximate surface area is 117 Å². The highest BCUT2D eigenvalue weighted by molar-refractivity contribution is 5.74. The van der Waals surface area contributed by atoms with Crippen LogP contribution in [0.15, 0.2) is 24.3 Å². The number of carboxylic acids is 2. The van der Waals surface area contributed by atoms with E-state index in [4.69, 9.17) is 5.11 Å². The van der Waals surface area contributed by atoms with Gasteiger partial charge < -0.3 is 15.5 Å². The summed E-state index contributed by atoms with van der Waals surface area (Å²) in [5.41, 5.74) is 1.62. The topological polar surface area (TPSA) is 89.9 Å². The van der Waals surface area contributed by atoms with Crippen molar-refractivity contribution >= 4 is 11.9 Å². The number of benzene rings is 1. The van der Waals surface area contributed by atoms with Gasteiger partial charge in [-0.2, -0.15) is 0 Å². The highest BCUT2D eigenvalue weighted by Crippen LogP contribution is 2.15. The molecule has 1 atom stereocenters. The van der Waals surface area contributed by atoms with Crippen molar-refractivity contribution in [3.8, 4) is 0 Å². The lowest BCUT2D eigenvalue weighted by atomic mass is 10.0. The highest BCUT2D eigenvalue weighted by Gasteiger charge is 2.28. The molecule has 0 spiro atoms. The van der Waals surface area contributed by atoms with E-state index in [0.29, 0.717) is 19.6 Å². The molecule has 1 aromatic carbocycles. The zero-order chi connectivity index (χ0) is 14.5. The first-order chi connectivity index (χ1) is 9.58. The number of hydrogen-bond acceptors (Lipinski definition) is 4. The summed E-state index contributed by atoms with van der Waals surface area (Å²) in [5, 5.41) is 21.2. The predicted molar refractivity (Wildman–Crippen MR) is 72.5 cm³/mol. The van der Waals surface area contributed by atoms with Crippen LogP contribution in [-0.2, 0) is 22.6 Å². The average molecular weight is 278 g/mol. The van der Waals surface area contributed by atoms with Crippen LogP contribution in [0, 0.1) is 0 Å². The SMILES string of the molecule is O=C(O)Cc1ccccc1CN1CCNCC1C(=O)O. The second-order valence-corrected chi connectivity index (χ2v) is 4.87. The molecule has 1 saturated heterocycles. The van der Waals surface area contributed by atoms with Crippen molar-refractivity contribution in [1.29, 1.82) is 0 Å². The molecule has 1 aliphatic heterocycles. The standard InChI is InChI=1S/C14H18N2O4/c17-13(18)7-10-3-1-2-4-11(10)9-16-6-5-15-8-12(16)14(19)20/h1-4,12,15H,5-9H2,(H,17,18)(H,19,20). The maximum Gasteiger partial charge on any atom is 0.322 e. The van der Waals surface area contributed by atoms with Crippen molar-refractivity contribution in [3.63, 3.8) is 0 Å². The summed E-state index contributed by atoms with van der Waals surface area (Å²) >= 11 is 0. The first-order valence-electron chi connectivity index (χ1n) is 6.54. The molecule has 0 saturated carbocycles. The van der Waals surface area contributed by atoms with Crippen LogP contribution in [-0.4, -0.2) is 52.7 Å². The number of nitrogens with zero attached hydrogens (tertiary/aromatic N) is 1. The molecule has 3 N–H and O–H groups in total. The van der Waals surface area contributed by atoms with E-state index >= 15 is 0 Å². The number of piperazine rings is 1. The van der Waals surface area contributed by atoms with E-state index in [0.717, 1.165) is 17.7 Å². The Kier molecular flexibility index (Phi) is 4.70. The molecule has 20 heavy (non-hydrogen) atoms. The molecule has 6 heteroatoms. The Morgan fingerprint density at radius 1 is 1.25 bits per heavy atom. The van der Waals surface area contributed by atoms with Crippen molar-refractivity contribution in [1.82, 2.24) is 10.2 Å². The lowest BCUT2D eigenvalue weighted by Crippen LogP contribution is -2.54. The molecule has 6 nitrogen and oxygen atoms in total. The number of nitrogens with one attached hydrogen (secondary N) is 1. The van der Waals surface area contributed by atoms with Gasteiger partial charge >= 0.3 is 11.9 Å². The van der Waals surface area contributed by atoms with Crippen LogP contribution >= 0.6 is 0 Å². The summed E-state index contributed by atoms with van der Waals surface area (Å²) in [4.78, 5) is 24.0. The fourth-order valence-electron chi connectivity index (χ4n) is 2.45. The predicted octanol–water partition coefficient (Wildman–Crippen LogP) is 0.172. The Morgan fingerprint density at radius 2 is 1.95 bits per heavy atom. The van der Waals surface area contributed by atoms with Crippen LogP contribution in [0.5, 0.6) is 0 Å². The van der Waals surface area contributed by atoms with Crippen LogP contribution in [0.4, 0.5) is 0 Å². The average Bonchev–Trinajstić information content (AvgIpc) is 2.41. The van der Waals surface area contributed by atoms with Gasteiger partial charge in [0.25, 0.3) is 0 Å². The summed E-state index contributed by atoms with van der Waals surface area (Å²) in [7, 11) is 0. The number of aliphatic carboxylic acids is 2. The largest absolute Gasteiger partial charge is 0.481 e. The molecule has 108 valence electrons. The Bertz CT molecular complexity index is 504. The first kappa shape index (κ1) is 14.5. The fraction of sp³-hybridized carbons (Fsp3) is 0.429. The van der Waals surface area contributed by atoms with Gasteiger partial charge in [-0.3, -0.25) is 14.5 Å². The maximum atomic E-state index is 11.2. The minimum Gasteiger partial charge on any atom is -0.481 e. The smallest absolute Gasteiger partial charge is 0.322 e. The van der Waals surface area contributed by atoms with E-state index < -0.39 is 18.0 Å². The lowest BCUT2D eigenvalue weighted by molar-refractivity contribution is -0.144. The van der Waals surface area contributed by atoms with Gasteiger partial charge in [0, 0.05) is 26.2 Å². The number of carbonyl (C=O) groups is 2. The molecule has 0 bridgehead atoms. The third-order valence-corrected chi connectivity index (χ3v) is 3.47. The number of carboxylic acid groups (broad SMARTS) is 2. The number of hydrogen-bond donors (Lipinski definition) is 3. The molecule has 0 radical (unpaired) electrons. The van der Waals surface area contributed by atoms with E-state index in [1.54, 1.807) is 12.1 Å². The monoisotopic (exact) mass is 278 g/mol. The van der Waals surface area contributed by atoms with Gasteiger partial charge in [-0.05, 0) is 11.1 Å². The number of rotatable bonds is 5. The van der Waals surface area contributed by atoms with Crippen molar-refractivity contribution in [3.05, 3.63) is 35.4 Å². The van der Waals surface area contributed by atoms with E-state index in [9.17, 15) is 14.7 Å². The lowest BCUT2D eigenvalue weighted by Gasteiger charge is -2.33. The third kappa shape index (κ3) is 3.55. The van der Waals surface area contributed by atoms with Crippen molar-refractivity contribution in [2.75, 3.05) is 19.6 Å². The Morgan fingerprint density at radius 3 is 2.60 bits per heavy atom. The summed E-state index contributed by atoms with van der Waals surface area (Å²) < 4.78 is 0. The molecular weight excluding hydrogens is 260 g/mol. The molecule has 1 heterocycles. The van der Waals surface area contributed by atoms with E-state index in [2.05, 4.69) is 5.32 Å². The minimum absolute atomic E-state index is 0.0417. The van der Waals surface area contributed by atoms with E-state index in [-0.39, 0.29) is 6.42 Å². The second kappa shape index (κ2) is 6.49. The fourth-order valence-corrected chi connectivity index (χ4v) is 2.45. The zero-order valence-corrected chi connectivity index (χ0v) is 11.1. The van der Waals surface area contributed by atoms with Crippen LogP contribution < -0.4 is 5.32 Å². The van der Waals surface area contributed by atoms with Gasteiger partial charge in [0.1, 0.15) is 6.04 Å². The van der Waals surface area contributed by atoms with Crippen LogP contribution in [0.2, 0.25) is 0 Å². The molecule has 0 aliphatic carbocycles. The van der Waals surface area contributed by atoms with Gasteiger partial charge in [0.2, 0.25) is 0 Å². The van der Waals surface area contributed by atoms with Gasteiger partial charge in [0.05, 0.1) is 6.42 Å². The van der Waals surface area contributed by atoms with Crippen molar-refractivity contribution in [2.24, 2.45) is 0 Å². The minimum atomic E-state index is -0.882. The van der Waals surface area contributed by atoms with Gasteiger partial charge in [-0.1, -0.05) is 24.3 Å². The molecule has 0 aromatic heterocycles. The Balaban J connectivity index is 2.15. The van der Waals surface area contributed by atoms with Crippen LogP contribution in [0.3, 0.4) is 0 Å². The molecule has 1 unspecified atom stereocenters. The molecule has 1 aromatic rings. The van der Waals surface area contributed by atoms with Crippen molar-refractivity contribution in [2.45, 2.75) is 19.0 Å². The van der Waals surface area contributed by atoms with E-state index in [1.165, 1.54) is 0 Å². The van der Waals surface area contributed by atoms with Gasteiger partial charge in [-0.25, -0.2) is 0 Å². The summed E-state index contributed by atoms with van der Waals surface area (Å²) in [6.45, 7) is 2.25. The van der Waals surface area contributed by atoms with E-state index in [1.807, 2.05) is 17.0 Å². The molecule has 2 rings (SSSR count). The van der Waals surface area contributed by atoms with Gasteiger partial charge in [0.15, 0.2) is 0 Å². The van der Waals surface area contributed by atoms with Gasteiger partial charge in [-0.15, -0.1) is 0 Å². The second-order valence-electron chi connectivity index (χ2n) is 4.87. The summed E-state index contributed by atoms with van der Waals surface area (Å²) in [6, 6.07) is 6.72. The third-order valence-electron chi connectivity index (χ3n) is 3.47. The summed E-state index contributed by atoms with van der Waals surface area (Å²) in [6.07, 6.45) is -0.0417. The molecular formula is C14H18N2O4. The van der Waals surface area contributed by atoms with Crippen LogP contribution in [0.25, 0.3) is 0 Å². The quantitative estimate of drug-likeness (QED) is 0.711. The summed E-state index contributed by atoms with van der Waals surface area (Å²) in [5.74, 6) is -1.74. The molecule has 1 fully saturated rings. The van der Waals surface area contributed by atoms with Crippen LogP contribution in [0.1, 0.15) is 11.1 Å². The Hall–Kier alpha value is -1.92.